The summed E-state index contributed by atoms with van der Waals surface area (Å²) in [5.74, 6) is -0.558. The van der Waals surface area contributed by atoms with Crippen LogP contribution in [0.3, 0.4) is 0 Å². The highest BCUT2D eigenvalue weighted by atomic mass is 16.4. The second-order valence-electron chi connectivity index (χ2n) is 7.24. The first-order chi connectivity index (χ1) is 9.82. The Morgan fingerprint density at radius 2 is 2.05 bits per heavy atom. The quantitative estimate of drug-likeness (QED) is 0.741. The van der Waals surface area contributed by atoms with Gasteiger partial charge in [0.05, 0.1) is 5.92 Å². The van der Waals surface area contributed by atoms with E-state index < -0.39 is 5.97 Å². The fourth-order valence-electron chi connectivity index (χ4n) is 3.89. The minimum atomic E-state index is -0.681. The van der Waals surface area contributed by atoms with E-state index in [1.165, 1.54) is 0 Å². The number of amides is 1. The summed E-state index contributed by atoms with van der Waals surface area (Å²) in [4.78, 5) is 23.1. The van der Waals surface area contributed by atoms with Crippen molar-refractivity contribution >= 4 is 11.9 Å². The van der Waals surface area contributed by atoms with Crippen LogP contribution in [-0.4, -0.2) is 35.6 Å². The molecule has 2 fully saturated rings. The van der Waals surface area contributed by atoms with Crippen LogP contribution in [-0.2, 0) is 9.59 Å². The second kappa shape index (κ2) is 6.34. The molecule has 1 saturated heterocycles. The molecule has 5 nitrogen and oxygen atoms in total. The van der Waals surface area contributed by atoms with E-state index in [2.05, 4.69) is 31.4 Å². The second-order valence-corrected chi connectivity index (χ2v) is 7.24. The van der Waals surface area contributed by atoms with E-state index in [0.717, 1.165) is 25.8 Å². The topological polar surface area (TPSA) is 78.4 Å². The Morgan fingerprint density at radius 3 is 2.71 bits per heavy atom. The van der Waals surface area contributed by atoms with Gasteiger partial charge in [-0.25, -0.2) is 0 Å². The summed E-state index contributed by atoms with van der Waals surface area (Å²) >= 11 is 0. The van der Waals surface area contributed by atoms with Crippen molar-refractivity contribution in [3.8, 4) is 0 Å². The van der Waals surface area contributed by atoms with Crippen LogP contribution in [0.25, 0.3) is 0 Å². The molecule has 2 aliphatic rings. The summed E-state index contributed by atoms with van der Waals surface area (Å²) in [6, 6.07) is 0.517. The van der Waals surface area contributed by atoms with Crippen molar-refractivity contribution in [2.75, 3.05) is 6.54 Å². The molecule has 2 rings (SSSR count). The standard InChI is InChI=1S/C16H28N2O3/c1-10-13(7-6-12(15(20)21)16(10,2)3)18-11-5-4-8-17-14(19)9-11/h10-13,18H,4-9H2,1-3H3,(H,17,19)(H,20,21). The summed E-state index contributed by atoms with van der Waals surface area (Å²) in [6.07, 6.45) is 4.13. The third-order valence-corrected chi connectivity index (χ3v) is 5.67. The molecule has 21 heavy (non-hydrogen) atoms. The minimum absolute atomic E-state index is 0.121. The Hall–Kier alpha value is -1.10. The van der Waals surface area contributed by atoms with Gasteiger partial charge in [-0.15, -0.1) is 0 Å². The zero-order chi connectivity index (χ0) is 15.6. The molecule has 3 N–H and O–H groups in total. The van der Waals surface area contributed by atoms with Gasteiger partial charge in [0.25, 0.3) is 0 Å². The summed E-state index contributed by atoms with van der Waals surface area (Å²) in [5, 5.41) is 15.9. The first-order valence-corrected chi connectivity index (χ1v) is 8.08. The number of hydrogen-bond acceptors (Lipinski definition) is 3. The molecule has 1 saturated carbocycles. The molecule has 5 heteroatoms. The molecule has 0 spiro atoms. The molecule has 1 heterocycles. The van der Waals surface area contributed by atoms with Crippen molar-refractivity contribution in [1.82, 2.24) is 10.6 Å². The third kappa shape index (κ3) is 3.57. The number of hydrogen-bond donors (Lipinski definition) is 3. The van der Waals surface area contributed by atoms with Gasteiger partial charge in [0.1, 0.15) is 0 Å². The molecular weight excluding hydrogens is 268 g/mol. The Balaban J connectivity index is 2.01. The predicted molar refractivity (Wildman–Crippen MR) is 80.9 cm³/mol. The van der Waals surface area contributed by atoms with Gasteiger partial charge in [-0.05, 0) is 37.0 Å². The zero-order valence-corrected chi connectivity index (χ0v) is 13.3. The third-order valence-electron chi connectivity index (χ3n) is 5.67. The lowest BCUT2D eigenvalue weighted by molar-refractivity contribution is -0.150. The lowest BCUT2D eigenvalue weighted by atomic mass is 9.61. The molecule has 0 aromatic carbocycles. The maximum atomic E-state index is 11.7. The maximum absolute atomic E-state index is 11.7. The SMILES string of the molecule is CC1C(NC2CCCNC(=O)C2)CCC(C(=O)O)C1(C)C. The van der Waals surface area contributed by atoms with E-state index in [0.29, 0.717) is 18.9 Å². The number of rotatable bonds is 3. The maximum Gasteiger partial charge on any atom is 0.307 e. The molecule has 0 aromatic heterocycles. The van der Waals surface area contributed by atoms with Gasteiger partial charge in [-0.3, -0.25) is 9.59 Å². The van der Waals surface area contributed by atoms with Crippen molar-refractivity contribution in [2.24, 2.45) is 17.3 Å². The zero-order valence-electron chi connectivity index (χ0n) is 13.3. The summed E-state index contributed by atoms with van der Waals surface area (Å²) in [5.41, 5.74) is -0.227. The van der Waals surface area contributed by atoms with E-state index in [1.54, 1.807) is 0 Å². The number of aliphatic carboxylic acids is 1. The van der Waals surface area contributed by atoms with Gasteiger partial charge in [0, 0.05) is 25.0 Å². The van der Waals surface area contributed by atoms with Crippen molar-refractivity contribution in [3.63, 3.8) is 0 Å². The van der Waals surface area contributed by atoms with Gasteiger partial charge in [-0.2, -0.15) is 0 Å². The minimum Gasteiger partial charge on any atom is -0.481 e. The van der Waals surface area contributed by atoms with Crippen LogP contribution in [0.4, 0.5) is 0 Å². The number of carboxylic acids is 1. The highest BCUT2D eigenvalue weighted by Crippen LogP contribution is 2.45. The number of nitrogens with one attached hydrogen (secondary N) is 2. The van der Waals surface area contributed by atoms with Gasteiger partial charge in [-0.1, -0.05) is 20.8 Å². The van der Waals surface area contributed by atoms with Crippen LogP contribution in [0.15, 0.2) is 0 Å². The van der Waals surface area contributed by atoms with E-state index in [1.807, 2.05) is 0 Å². The van der Waals surface area contributed by atoms with E-state index in [-0.39, 0.29) is 29.2 Å². The first kappa shape index (κ1) is 16.3. The molecule has 120 valence electrons. The lowest BCUT2D eigenvalue weighted by Gasteiger charge is -2.47. The Kier molecular flexibility index (Phi) is 4.91. The van der Waals surface area contributed by atoms with Gasteiger partial charge in [0.2, 0.25) is 5.91 Å². The van der Waals surface area contributed by atoms with Crippen LogP contribution in [0, 0.1) is 17.3 Å². The molecule has 4 unspecified atom stereocenters. The number of carbonyl (C=O) groups excluding carboxylic acids is 1. The average Bonchev–Trinajstić information content (AvgIpc) is 2.59. The smallest absolute Gasteiger partial charge is 0.307 e. The molecule has 0 radical (unpaired) electrons. The normalized spacial score (nSPS) is 36.6. The molecule has 1 amide bonds. The number of carbonyl (C=O) groups is 2. The van der Waals surface area contributed by atoms with Crippen molar-refractivity contribution in [3.05, 3.63) is 0 Å². The Morgan fingerprint density at radius 1 is 1.33 bits per heavy atom. The predicted octanol–water partition coefficient (Wildman–Crippen LogP) is 1.77. The van der Waals surface area contributed by atoms with Gasteiger partial charge >= 0.3 is 5.97 Å². The fraction of sp³-hybridized carbons (Fsp3) is 0.875. The molecule has 1 aliphatic carbocycles. The van der Waals surface area contributed by atoms with Crippen molar-refractivity contribution < 1.29 is 14.7 Å². The average molecular weight is 296 g/mol. The molecule has 0 bridgehead atoms. The summed E-state index contributed by atoms with van der Waals surface area (Å²) in [7, 11) is 0. The fourth-order valence-corrected chi connectivity index (χ4v) is 3.89. The summed E-state index contributed by atoms with van der Waals surface area (Å²) < 4.78 is 0. The highest BCUT2D eigenvalue weighted by molar-refractivity contribution is 5.76. The van der Waals surface area contributed by atoms with E-state index >= 15 is 0 Å². The largest absolute Gasteiger partial charge is 0.481 e. The van der Waals surface area contributed by atoms with Crippen molar-refractivity contribution in [2.45, 2.75) is 65.0 Å². The van der Waals surface area contributed by atoms with Crippen LogP contribution in [0.1, 0.15) is 52.9 Å². The number of carboxylic acid groups (broad SMARTS) is 1. The van der Waals surface area contributed by atoms with Crippen LogP contribution in [0.2, 0.25) is 0 Å². The first-order valence-electron chi connectivity index (χ1n) is 8.08. The Labute approximate surface area is 126 Å². The molecule has 4 atom stereocenters. The van der Waals surface area contributed by atoms with Gasteiger partial charge < -0.3 is 15.7 Å². The van der Waals surface area contributed by atoms with Crippen LogP contribution >= 0.6 is 0 Å². The van der Waals surface area contributed by atoms with Crippen LogP contribution < -0.4 is 10.6 Å². The lowest BCUT2D eigenvalue weighted by Crippen LogP contribution is -2.53. The monoisotopic (exact) mass is 296 g/mol. The van der Waals surface area contributed by atoms with Crippen LogP contribution in [0.5, 0.6) is 0 Å². The van der Waals surface area contributed by atoms with Gasteiger partial charge in [0.15, 0.2) is 0 Å². The Bertz CT molecular complexity index is 408. The molecular formula is C16H28N2O3. The summed E-state index contributed by atoms with van der Waals surface area (Å²) in [6.45, 7) is 7.03. The molecule has 0 aromatic rings. The van der Waals surface area contributed by atoms with E-state index in [9.17, 15) is 14.7 Å². The van der Waals surface area contributed by atoms with E-state index in [4.69, 9.17) is 0 Å². The molecule has 1 aliphatic heterocycles. The van der Waals surface area contributed by atoms with Crippen molar-refractivity contribution in [1.29, 1.82) is 0 Å². The highest BCUT2D eigenvalue weighted by Gasteiger charge is 2.46.